The minimum Gasteiger partial charge on any atom is -0.496 e. The predicted octanol–water partition coefficient (Wildman–Crippen LogP) is 3.77. The van der Waals surface area contributed by atoms with Gasteiger partial charge in [-0.15, -0.1) is 5.10 Å². The van der Waals surface area contributed by atoms with E-state index < -0.39 is 11.9 Å². The van der Waals surface area contributed by atoms with Crippen molar-refractivity contribution < 1.29 is 24.2 Å². The van der Waals surface area contributed by atoms with Gasteiger partial charge in [-0.3, -0.25) is 9.59 Å². The minimum atomic E-state index is -0.769. The van der Waals surface area contributed by atoms with Crippen molar-refractivity contribution in [2.75, 3.05) is 13.7 Å². The van der Waals surface area contributed by atoms with Crippen LogP contribution in [0.15, 0.2) is 53.6 Å². The van der Waals surface area contributed by atoms with Crippen LogP contribution in [0.3, 0.4) is 0 Å². The number of benzene rings is 2. The number of hydrazone groups is 1. The van der Waals surface area contributed by atoms with Crippen molar-refractivity contribution in [3.8, 4) is 5.75 Å². The molecule has 7 nitrogen and oxygen atoms in total. The van der Waals surface area contributed by atoms with E-state index in [1.807, 2.05) is 48.5 Å². The third-order valence-electron chi connectivity index (χ3n) is 5.98. The molecule has 1 unspecified atom stereocenters. The molecular weight excluding hydrogens is 396 g/mol. The number of nitrogens with zero attached hydrogens (tertiary/aromatic N) is 2. The van der Waals surface area contributed by atoms with E-state index in [1.54, 1.807) is 7.11 Å². The molecule has 1 heterocycles. The Kier molecular flexibility index (Phi) is 6.21. The summed E-state index contributed by atoms with van der Waals surface area (Å²) in [5.74, 6) is -0.340. The molecule has 1 amide bonds. The molecule has 2 aliphatic rings. The van der Waals surface area contributed by atoms with E-state index in [0.717, 1.165) is 36.8 Å². The fraction of sp³-hybridized carbons (Fsp3) is 0.375. The van der Waals surface area contributed by atoms with Gasteiger partial charge in [0, 0.05) is 0 Å². The van der Waals surface area contributed by atoms with Gasteiger partial charge < -0.3 is 14.6 Å². The summed E-state index contributed by atoms with van der Waals surface area (Å²) >= 11 is 0. The molecule has 0 aromatic heterocycles. The van der Waals surface area contributed by atoms with E-state index in [0.29, 0.717) is 17.2 Å². The fourth-order valence-electron chi connectivity index (χ4n) is 4.39. The number of rotatable bonds is 7. The maximum Gasteiger partial charge on any atom is 0.311 e. The lowest BCUT2D eigenvalue weighted by Crippen LogP contribution is -2.36. The molecule has 2 aromatic rings. The second-order valence-electron chi connectivity index (χ2n) is 7.95. The molecule has 0 radical (unpaired) electrons. The predicted molar refractivity (Wildman–Crippen MR) is 115 cm³/mol. The van der Waals surface area contributed by atoms with Crippen LogP contribution >= 0.6 is 0 Å². The van der Waals surface area contributed by atoms with Gasteiger partial charge in [-0.2, -0.15) is 0 Å². The summed E-state index contributed by atoms with van der Waals surface area (Å²) in [6.07, 6.45) is 4.11. The van der Waals surface area contributed by atoms with E-state index in [4.69, 9.17) is 9.47 Å². The fourth-order valence-corrected chi connectivity index (χ4v) is 4.39. The number of para-hydroxylation sites is 1. The van der Waals surface area contributed by atoms with Gasteiger partial charge >= 0.3 is 5.97 Å². The van der Waals surface area contributed by atoms with Gasteiger partial charge in [0.05, 0.1) is 25.1 Å². The highest BCUT2D eigenvalue weighted by Gasteiger charge is 2.32. The Morgan fingerprint density at radius 3 is 2.58 bits per heavy atom. The number of carbonyl (C=O) groups is 2. The normalized spacial score (nSPS) is 17.8. The molecule has 31 heavy (non-hydrogen) atoms. The van der Waals surface area contributed by atoms with Crippen LogP contribution in [0.1, 0.15) is 48.3 Å². The zero-order chi connectivity index (χ0) is 21.8. The van der Waals surface area contributed by atoms with Crippen LogP contribution in [-0.4, -0.2) is 41.6 Å². The van der Waals surface area contributed by atoms with Crippen molar-refractivity contribution in [1.82, 2.24) is 5.01 Å². The van der Waals surface area contributed by atoms with E-state index >= 15 is 0 Å². The van der Waals surface area contributed by atoms with Gasteiger partial charge in [-0.1, -0.05) is 49.2 Å². The first-order valence-electron chi connectivity index (χ1n) is 10.5. The lowest BCUT2D eigenvalue weighted by atomic mass is 9.84. The Labute approximate surface area is 181 Å². The first-order valence-corrected chi connectivity index (χ1v) is 10.5. The van der Waals surface area contributed by atoms with Gasteiger partial charge in [0.1, 0.15) is 5.75 Å². The molecule has 0 bridgehead atoms. The zero-order valence-corrected chi connectivity index (χ0v) is 17.5. The van der Waals surface area contributed by atoms with Gasteiger partial charge in [0.15, 0.2) is 6.61 Å². The van der Waals surface area contributed by atoms with Crippen molar-refractivity contribution >= 4 is 17.8 Å². The molecule has 0 saturated heterocycles. The van der Waals surface area contributed by atoms with Crippen LogP contribution in [0.2, 0.25) is 0 Å². The Bertz CT molecular complexity index is 980. The molecule has 162 valence electrons. The van der Waals surface area contributed by atoms with Crippen LogP contribution in [0.4, 0.5) is 0 Å². The van der Waals surface area contributed by atoms with E-state index in [-0.39, 0.29) is 25.0 Å². The molecule has 1 aliphatic carbocycles. The van der Waals surface area contributed by atoms with Gasteiger partial charge in [-0.25, -0.2) is 5.01 Å². The Hall–Kier alpha value is -3.35. The quantitative estimate of drug-likeness (QED) is 0.734. The topological polar surface area (TPSA) is 88.4 Å². The number of amides is 1. The number of carbonyl (C=O) groups excluding carboxylic acids is 1. The molecule has 1 atom stereocenters. The summed E-state index contributed by atoms with van der Waals surface area (Å²) in [7, 11) is 1.57. The van der Waals surface area contributed by atoms with Crippen LogP contribution in [-0.2, 0) is 20.9 Å². The number of methoxy groups -OCH3 is 1. The van der Waals surface area contributed by atoms with Crippen LogP contribution in [0.25, 0.3) is 0 Å². The van der Waals surface area contributed by atoms with E-state index in [9.17, 15) is 14.7 Å². The average molecular weight is 422 g/mol. The van der Waals surface area contributed by atoms with E-state index in [2.05, 4.69) is 5.10 Å². The third-order valence-corrected chi connectivity index (χ3v) is 5.98. The van der Waals surface area contributed by atoms with Gasteiger partial charge in [0.25, 0.3) is 5.91 Å². The molecule has 1 aliphatic heterocycles. The molecule has 7 heteroatoms. The summed E-state index contributed by atoms with van der Waals surface area (Å²) in [5, 5.41) is 15.5. The van der Waals surface area contributed by atoms with Gasteiger partial charge in [0.2, 0.25) is 5.90 Å². The van der Waals surface area contributed by atoms with Crippen molar-refractivity contribution in [3.63, 3.8) is 0 Å². The number of ether oxygens (including phenoxy) is 2. The maximum atomic E-state index is 12.4. The lowest BCUT2D eigenvalue weighted by molar-refractivity contribution is -0.140. The second kappa shape index (κ2) is 9.20. The number of hydrogen-bond donors (Lipinski definition) is 1. The van der Waals surface area contributed by atoms with Crippen molar-refractivity contribution in [1.29, 1.82) is 0 Å². The molecule has 1 fully saturated rings. The van der Waals surface area contributed by atoms with Crippen molar-refractivity contribution in [2.45, 2.75) is 38.1 Å². The van der Waals surface area contributed by atoms with Crippen LogP contribution in [0.5, 0.6) is 5.75 Å². The highest BCUT2D eigenvalue weighted by molar-refractivity contribution is 6.00. The molecule has 1 saturated carbocycles. The SMILES string of the molecule is COc1ccccc1C1=NN(Cc2ccc(C(C(=O)O)C3CCCC3)cc2)C(=O)CO1. The van der Waals surface area contributed by atoms with Gasteiger partial charge in [-0.05, 0) is 42.0 Å². The standard InChI is InChI=1S/C24H26N2O5/c1-30-20-9-5-4-8-19(20)23-25-26(21(27)15-31-23)14-16-10-12-18(13-11-16)22(24(28)29)17-6-2-3-7-17/h4-5,8-13,17,22H,2-3,6-7,14-15H2,1H3,(H,28,29). The first kappa shape index (κ1) is 20.9. The number of aliphatic carboxylic acids is 1. The Morgan fingerprint density at radius 2 is 1.90 bits per heavy atom. The van der Waals surface area contributed by atoms with Crippen LogP contribution in [0, 0.1) is 5.92 Å². The summed E-state index contributed by atoms with van der Waals surface area (Å²) in [4.78, 5) is 24.2. The Balaban J connectivity index is 1.52. The molecule has 2 aromatic carbocycles. The minimum absolute atomic E-state index is 0.0995. The third kappa shape index (κ3) is 4.55. The van der Waals surface area contributed by atoms with E-state index in [1.165, 1.54) is 5.01 Å². The monoisotopic (exact) mass is 422 g/mol. The maximum absolute atomic E-state index is 12.4. The molecule has 0 spiro atoms. The Morgan fingerprint density at radius 1 is 1.19 bits per heavy atom. The summed E-state index contributed by atoms with van der Waals surface area (Å²) < 4.78 is 10.9. The lowest BCUT2D eigenvalue weighted by Gasteiger charge is -2.25. The highest BCUT2D eigenvalue weighted by Crippen LogP contribution is 2.37. The highest BCUT2D eigenvalue weighted by atomic mass is 16.5. The summed E-state index contributed by atoms with van der Waals surface area (Å²) in [5.41, 5.74) is 2.37. The van der Waals surface area contributed by atoms with Crippen LogP contribution < -0.4 is 4.74 Å². The molecule has 4 rings (SSSR count). The smallest absolute Gasteiger partial charge is 0.311 e. The van der Waals surface area contributed by atoms with Crippen molar-refractivity contribution in [2.24, 2.45) is 11.0 Å². The molecule has 1 N–H and O–H groups in total. The first-order chi connectivity index (χ1) is 15.1. The number of carboxylic acid groups (broad SMARTS) is 1. The summed E-state index contributed by atoms with van der Waals surface area (Å²) in [6, 6.07) is 14.8. The molecular formula is C24H26N2O5. The zero-order valence-electron chi connectivity index (χ0n) is 17.5. The average Bonchev–Trinajstić information content (AvgIpc) is 3.30. The number of carboxylic acids is 1. The summed E-state index contributed by atoms with van der Waals surface area (Å²) in [6.45, 7) is 0.181. The number of hydrogen-bond acceptors (Lipinski definition) is 5. The van der Waals surface area contributed by atoms with Crippen molar-refractivity contribution in [3.05, 3.63) is 65.2 Å². The largest absolute Gasteiger partial charge is 0.496 e. The second-order valence-corrected chi connectivity index (χ2v) is 7.95.